The number of hydrogen-bond acceptors (Lipinski definition) is 6. The molecule has 3 aromatic rings. The van der Waals surface area contributed by atoms with E-state index in [0.29, 0.717) is 11.3 Å². The molecule has 0 saturated carbocycles. The Labute approximate surface area is 188 Å². The van der Waals surface area contributed by atoms with E-state index in [1.807, 2.05) is 0 Å². The summed E-state index contributed by atoms with van der Waals surface area (Å²) in [4.78, 5) is 27.2. The maximum atomic E-state index is 13.1. The van der Waals surface area contributed by atoms with Crippen molar-refractivity contribution in [2.75, 3.05) is 12.0 Å². The lowest BCUT2D eigenvalue weighted by Gasteiger charge is -2.26. The number of carbonyl (C=O) groups is 2. The number of halogens is 1. The van der Waals surface area contributed by atoms with Crippen molar-refractivity contribution in [3.8, 4) is 17.2 Å². The standard InChI is InChI=1S/C24H18ClNO6/c1-32-19-11-8-14(12-16(19)25)22(29)20-21(13-6-9-15(27)10-7-13)26(24(31)23(20)30)17-4-2-3-5-18(17)28/h2-12,21,27-29H,1H3/b22-20-. The molecule has 1 heterocycles. The highest BCUT2D eigenvalue weighted by Gasteiger charge is 2.47. The van der Waals surface area contributed by atoms with Crippen LogP contribution in [0.5, 0.6) is 17.2 Å². The number of ketones is 1. The van der Waals surface area contributed by atoms with Crippen molar-refractivity contribution in [3.63, 3.8) is 0 Å². The number of amides is 1. The maximum absolute atomic E-state index is 13.1. The number of aliphatic hydroxyl groups excluding tert-OH is 1. The highest BCUT2D eigenvalue weighted by Crippen LogP contribution is 2.45. The SMILES string of the molecule is COc1ccc(/C(O)=C2/C(=O)C(=O)N(c3ccccc3O)C2c2ccc(O)cc2)cc1Cl. The minimum absolute atomic E-state index is 0.00445. The summed E-state index contributed by atoms with van der Waals surface area (Å²) in [7, 11) is 1.45. The second-order valence-corrected chi connectivity index (χ2v) is 7.51. The van der Waals surface area contributed by atoms with Gasteiger partial charge in [0.15, 0.2) is 0 Å². The van der Waals surface area contributed by atoms with Crippen molar-refractivity contribution in [3.05, 3.63) is 88.5 Å². The van der Waals surface area contributed by atoms with E-state index in [2.05, 4.69) is 0 Å². The van der Waals surface area contributed by atoms with Crippen LogP contribution in [0.15, 0.2) is 72.3 Å². The number of phenolic OH excluding ortho intramolecular Hbond substituents is 2. The van der Waals surface area contributed by atoms with Gasteiger partial charge in [-0.1, -0.05) is 35.9 Å². The van der Waals surface area contributed by atoms with Gasteiger partial charge in [0.2, 0.25) is 0 Å². The van der Waals surface area contributed by atoms with Gasteiger partial charge in [0, 0.05) is 5.56 Å². The molecule has 1 atom stereocenters. The van der Waals surface area contributed by atoms with Gasteiger partial charge in [-0.3, -0.25) is 14.5 Å². The molecule has 0 spiro atoms. The van der Waals surface area contributed by atoms with Crippen LogP contribution >= 0.6 is 11.6 Å². The van der Waals surface area contributed by atoms with E-state index in [4.69, 9.17) is 16.3 Å². The number of nitrogens with zero attached hydrogens (tertiary/aromatic N) is 1. The van der Waals surface area contributed by atoms with Crippen molar-refractivity contribution >= 4 is 34.7 Å². The molecule has 0 bridgehead atoms. The summed E-state index contributed by atoms with van der Waals surface area (Å²) < 4.78 is 5.12. The van der Waals surface area contributed by atoms with Crippen LogP contribution in [0.3, 0.4) is 0 Å². The predicted molar refractivity (Wildman–Crippen MR) is 119 cm³/mol. The van der Waals surface area contributed by atoms with Gasteiger partial charge < -0.3 is 20.1 Å². The van der Waals surface area contributed by atoms with Crippen LogP contribution in [-0.4, -0.2) is 34.1 Å². The first-order chi connectivity index (χ1) is 15.3. The topological polar surface area (TPSA) is 107 Å². The van der Waals surface area contributed by atoms with E-state index >= 15 is 0 Å². The molecular formula is C24H18ClNO6. The average Bonchev–Trinajstić information content (AvgIpc) is 3.04. The van der Waals surface area contributed by atoms with Crippen molar-refractivity contribution in [2.24, 2.45) is 0 Å². The van der Waals surface area contributed by atoms with E-state index in [1.54, 1.807) is 12.1 Å². The number of Topliss-reactive ketones (excluding diaryl/α,β-unsaturated/α-hetero) is 1. The predicted octanol–water partition coefficient (Wildman–Crippen LogP) is 4.39. The monoisotopic (exact) mass is 451 g/mol. The molecule has 8 heteroatoms. The van der Waals surface area contributed by atoms with Crippen molar-refractivity contribution in [2.45, 2.75) is 6.04 Å². The molecule has 1 aliphatic rings. The summed E-state index contributed by atoms with van der Waals surface area (Å²) in [5, 5.41) is 31.4. The number of aliphatic hydroxyl groups is 1. The van der Waals surface area contributed by atoms with Gasteiger partial charge in [-0.25, -0.2) is 0 Å². The lowest BCUT2D eigenvalue weighted by Crippen LogP contribution is -2.29. The number of ether oxygens (including phenoxy) is 1. The Morgan fingerprint density at radius 1 is 1.00 bits per heavy atom. The van der Waals surface area contributed by atoms with Crippen LogP contribution in [0.4, 0.5) is 5.69 Å². The second kappa shape index (κ2) is 8.28. The minimum Gasteiger partial charge on any atom is -0.508 e. The average molecular weight is 452 g/mol. The van der Waals surface area contributed by atoms with Gasteiger partial charge in [0.05, 0.1) is 29.4 Å². The number of anilines is 1. The third kappa shape index (κ3) is 3.52. The molecule has 162 valence electrons. The fourth-order valence-corrected chi connectivity index (χ4v) is 3.95. The van der Waals surface area contributed by atoms with Gasteiger partial charge in [-0.05, 0) is 48.0 Å². The van der Waals surface area contributed by atoms with E-state index in [9.17, 15) is 24.9 Å². The Hall–Kier alpha value is -3.97. The van der Waals surface area contributed by atoms with Gasteiger partial charge in [0.25, 0.3) is 11.7 Å². The zero-order chi connectivity index (χ0) is 23.0. The Morgan fingerprint density at radius 2 is 1.69 bits per heavy atom. The van der Waals surface area contributed by atoms with E-state index < -0.39 is 23.5 Å². The Kier molecular flexibility index (Phi) is 5.50. The van der Waals surface area contributed by atoms with Gasteiger partial charge in [0.1, 0.15) is 23.0 Å². The molecule has 1 saturated heterocycles. The molecule has 4 rings (SSSR count). The summed E-state index contributed by atoms with van der Waals surface area (Å²) in [6, 6.07) is 15.4. The van der Waals surface area contributed by atoms with E-state index in [0.717, 1.165) is 4.90 Å². The van der Waals surface area contributed by atoms with Crippen molar-refractivity contribution in [1.82, 2.24) is 0 Å². The number of aromatic hydroxyl groups is 2. The molecule has 1 aliphatic heterocycles. The first kappa shape index (κ1) is 21.3. The smallest absolute Gasteiger partial charge is 0.300 e. The zero-order valence-corrected chi connectivity index (χ0v) is 17.6. The molecule has 1 fully saturated rings. The van der Waals surface area contributed by atoms with Crippen LogP contribution in [0.2, 0.25) is 5.02 Å². The first-order valence-corrected chi connectivity index (χ1v) is 9.93. The first-order valence-electron chi connectivity index (χ1n) is 9.55. The molecule has 3 N–H and O–H groups in total. The quantitative estimate of drug-likeness (QED) is 0.308. The fourth-order valence-electron chi connectivity index (χ4n) is 3.69. The highest BCUT2D eigenvalue weighted by molar-refractivity contribution is 6.52. The van der Waals surface area contributed by atoms with Crippen molar-refractivity contribution < 1.29 is 29.6 Å². The summed E-state index contributed by atoms with van der Waals surface area (Å²) in [5.74, 6) is -2.08. The second-order valence-electron chi connectivity index (χ2n) is 7.10. The third-order valence-electron chi connectivity index (χ3n) is 5.22. The molecule has 3 aromatic carbocycles. The lowest BCUT2D eigenvalue weighted by atomic mass is 9.95. The van der Waals surface area contributed by atoms with Crippen LogP contribution < -0.4 is 9.64 Å². The summed E-state index contributed by atoms with van der Waals surface area (Å²) in [5.41, 5.74) is 0.603. The van der Waals surface area contributed by atoms with E-state index in [-0.39, 0.29) is 33.3 Å². The number of hydrogen-bond donors (Lipinski definition) is 3. The largest absolute Gasteiger partial charge is 0.508 e. The van der Waals surface area contributed by atoms with Crippen molar-refractivity contribution in [1.29, 1.82) is 0 Å². The number of benzene rings is 3. The third-order valence-corrected chi connectivity index (χ3v) is 5.52. The van der Waals surface area contributed by atoms with Crippen LogP contribution in [-0.2, 0) is 9.59 Å². The summed E-state index contributed by atoms with van der Waals surface area (Å²) in [6.45, 7) is 0. The molecule has 1 amide bonds. The minimum atomic E-state index is -1.05. The Morgan fingerprint density at radius 3 is 2.31 bits per heavy atom. The van der Waals surface area contributed by atoms with E-state index in [1.165, 1.54) is 61.7 Å². The number of rotatable bonds is 4. The highest BCUT2D eigenvalue weighted by atomic mass is 35.5. The lowest BCUT2D eigenvalue weighted by molar-refractivity contribution is -0.132. The molecule has 7 nitrogen and oxygen atoms in total. The number of para-hydroxylation sites is 2. The van der Waals surface area contributed by atoms with Crippen LogP contribution in [0, 0.1) is 0 Å². The number of methoxy groups -OCH3 is 1. The Balaban J connectivity index is 1.95. The van der Waals surface area contributed by atoms with Gasteiger partial charge in [-0.15, -0.1) is 0 Å². The van der Waals surface area contributed by atoms with Gasteiger partial charge >= 0.3 is 0 Å². The molecular weight excluding hydrogens is 434 g/mol. The number of carbonyl (C=O) groups excluding carboxylic acids is 2. The Bertz CT molecular complexity index is 1250. The van der Waals surface area contributed by atoms with Gasteiger partial charge in [-0.2, -0.15) is 0 Å². The summed E-state index contributed by atoms with van der Waals surface area (Å²) >= 11 is 6.18. The molecule has 1 unspecified atom stereocenters. The molecule has 0 aliphatic carbocycles. The maximum Gasteiger partial charge on any atom is 0.300 e. The molecule has 32 heavy (non-hydrogen) atoms. The number of phenols is 2. The zero-order valence-electron chi connectivity index (χ0n) is 16.8. The fraction of sp³-hybridized carbons (Fsp3) is 0.0833. The summed E-state index contributed by atoms with van der Waals surface area (Å²) in [6.07, 6.45) is 0. The van der Waals surface area contributed by atoms with Crippen LogP contribution in [0.1, 0.15) is 17.2 Å². The molecule has 0 aromatic heterocycles. The normalized spacial score (nSPS) is 17.6. The molecule has 0 radical (unpaired) electrons. The van der Waals surface area contributed by atoms with Crippen LogP contribution in [0.25, 0.3) is 5.76 Å².